The molecule has 0 aliphatic rings. The zero-order chi connectivity index (χ0) is 17.7. The van der Waals surface area contributed by atoms with Gasteiger partial charge in [0.15, 0.2) is 0 Å². The number of rotatable bonds is 7. The Labute approximate surface area is 149 Å². The Morgan fingerprint density at radius 1 is 1.04 bits per heavy atom. The van der Waals surface area contributed by atoms with Crippen LogP contribution in [0.25, 0.3) is 10.6 Å². The molecule has 2 aromatic heterocycles. The second-order valence-electron chi connectivity index (χ2n) is 5.41. The number of H-pyrrole nitrogens is 1. The van der Waals surface area contributed by atoms with Crippen molar-refractivity contribution in [3.63, 3.8) is 0 Å². The molecule has 0 aliphatic heterocycles. The minimum absolute atomic E-state index is 0.232. The van der Waals surface area contributed by atoms with Crippen molar-refractivity contribution in [3.8, 4) is 10.6 Å². The van der Waals surface area contributed by atoms with Crippen LogP contribution in [0.15, 0.2) is 63.6 Å². The lowest BCUT2D eigenvalue weighted by molar-refractivity contribution is 0.581. The smallest absolute Gasteiger partial charge is 0.264 e. The van der Waals surface area contributed by atoms with E-state index < -0.39 is 10.0 Å². The Balaban J connectivity index is 1.60. The summed E-state index contributed by atoms with van der Waals surface area (Å²) in [6.07, 6.45) is 1.54. The van der Waals surface area contributed by atoms with Crippen LogP contribution in [0, 0.1) is 0 Å². The van der Waals surface area contributed by atoms with E-state index in [1.165, 1.54) is 11.6 Å². The van der Waals surface area contributed by atoms with Crippen LogP contribution in [0.5, 0.6) is 0 Å². The standard InChI is InChI=1S/C17H17N3O3S2/c21-16-10-8-14(19-20-16)15-9-11-17(24-15)25(22,23)18-12-4-7-13-5-2-1-3-6-13/h1-3,5-6,8-11,18H,4,7,12H2,(H,20,21). The van der Waals surface area contributed by atoms with Gasteiger partial charge in [-0.2, -0.15) is 5.10 Å². The number of sulfonamides is 1. The third-order valence-electron chi connectivity index (χ3n) is 3.55. The molecule has 0 radical (unpaired) electrons. The third-order valence-corrected chi connectivity index (χ3v) is 6.62. The molecule has 0 saturated heterocycles. The van der Waals surface area contributed by atoms with Gasteiger partial charge in [-0.05, 0) is 36.6 Å². The summed E-state index contributed by atoms with van der Waals surface area (Å²) in [6, 6.07) is 16.1. The molecule has 1 aromatic carbocycles. The SMILES string of the molecule is O=c1ccc(-c2ccc(S(=O)(=O)NCCCc3ccccc3)s2)n[nH]1. The monoisotopic (exact) mass is 375 g/mol. The molecule has 3 aromatic rings. The van der Waals surface area contributed by atoms with E-state index in [4.69, 9.17) is 0 Å². The quantitative estimate of drug-likeness (QED) is 0.620. The molecule has 0 atom stereocenters. The maximum atomic E-state index is 12.4. The number of aryl methyl sites for hydroxylation is 1. The number of hydrogen-bond acceptors (Lipinski definition) is 5. The maximum absolute atomic E-state index is 12.4. The highest BCUT2D eigenvalue weighted by Gasteiger charge is 2.17. The second kappa shape index (κ2) is 7.73. The molecule has 8 heteroatoms. The Bertz CT molecular complexity index is 975. The Hall–Kier alpha value is -2.29. The summed E-state index contributed by atoms with van der Waals surface area (Å²) in [4.78, 5) is 11.7. The normalized spacial score (nSPS) is 11.5. The van der Waals surface area contributed by atoms with Crippen LogP contribution in [0.2, 0.25) is 0 Å². The molecule has 0 unspecified atom stereocenters. The second-order valence-corrected chi connectivity index (χ2v) is 8.49. The van der Waals surface area contributed by atoms with Gasteiger partial charge in [0.2, 0.25) is 10.0 Å². The molecule has 0 fully saturated rings. The third kappa shape index (κ3) is 4.62. The van der Waals surface area contributed by atoms with E-state index in [1.54, 1.807) is 18.2 Å². The van der Waals surface area contributed by atoms with Crippen LogP contribution in [-0.4, -0.2) is 25.2 Å². The molecule has 0 aliphatic carbocycles. The summed E-state index contributed by atoms with van der Waals surface area (Å²) >= 11 is 1.12. The highest BCUT2D eigenvalue weighted by Crippen LogP contribution is 2.28. The summed E-state index contributed by atoms with van der Waals surface area (Å²) in [5.74, 6) is 0. The van der Waals surface area contributed by atoms with Gasteiger partial charge in [0, 0.05) is 12.6 Å². The Morgan fingerprint density at radius 3 is 2.56 bits per heavy atom. The number of aromatic amines is 1. The van der Waals surface area contributed by atoms with Crippen LogP contribution in [0.4, 0.5) is 0 Å². The molecule has 2 heterocycles. The van der Waals surface area contributed by atoms with Crippen LogP contribution < -0.4 is 10.3 Å². The summed E-state index contributed by atoms with van der Waals surface area (Å²) in [6.45, 7) is 0.376. The van der Waals surface area contributed by atoms with Crippen LogP contribution >= 0.6 is 11.3 Å². The van der Waals surface area contributed by atoms with E-state index in [1.807, 2.05) is 30.3 Å². The maximum Gasteiger partial charge on any atom is 0.264 e. The number of nitrogens with one attached hydrogen (secondary N) is 2. The van der Waals surface area contributed by atoms with Crippen molar-refractivity contribution in [3.05, 3.63) is 70.5 Å². The first-order chi connectivity index (χ1) is 12.0. The predicted molar refractivity (Wildman–Crippen MR) is 98.1 cm³/mol. The van der Waals surface area contributed by atoms with Crippen LogP contribution in [0.1, 0.15) is 12.0 Å². The Morgan fingerprint density at radius 2 is 1.84 bits per heavy atom. The fourth-order valence-corrected chi connectivity index (χ4v) is 4.69. The van der Waals surface area contributed by atoms with Crippen molar-refractivity contribution < 1.29 is 8.42 Å². The number of hydrogen-bond donors (Lipinski definition) is 2. The predicted octanol–water partition coefficient (Wildman–Crippen LogP) is 2.41. The van der Waals surface area contributed by atoms with E-state index in [0.29, 0.717) is 17.1 Å². The van der Waals surface area contributed by atoms with Crippen LogP contribution in [0.3, 0.4) is 0 Å². The van der Waals surface area contributed by atoms with E-state index in [9.17, 15) is 13.2 Å². The molecule has 3 rings (SSSR count). The minimum Gasteiger partial charge on any atom is -0.268 e. The molecule has 0 spiro atoms. The largest absolute Gasteiger partial charge is 0.268 e. The van der Waals surface area contributed by atoms with Gasteiger partial charge in [0.25, 0.3) is 5.56 Å². The molecular formula is C17H17N3O3S2. The van der Waals surface area contributed by atoms with Crippen LogP contribution in [-0.2, 0) is 16.4 Å². The van der Waals surface area contributed by atoms with Crippen molar-refractivity contribution in [2.75, 3.05) is 6.54 Å². The van der Waals surface area contributed by atoms with Gasteiger partial charge < -0.3 is 0 Å². The van der Waals surface area contributed by atoms with Gasteiger partial charge >= 0.3 is 0 Å². The van der Waals surface area contributed by atoms with E-state index in [0.717, 1.165) is 24.2 Å². The van der Waals surface area contributed by atoms with Gasteiger partial charge in [0.1, 0.15) is 9.90 Å². The summed E-state index contributed by atoms with van der Waals surface area (Å²) in [7, 11) is -3.54. The van der Waals surface area contributed by atoms with Gasteiger partial charge in [-0.25, -0.2) is 18.2 Å². The van der Waals surface area contributed by atoms with Crippen molar-refractivity contribution >= 4 is 21.4 Å². The van der Waals surface area contributed by atoms with E-state index >= 15 is 0 Å². The number of nitrogens with zero attached hydrogens (tertiary/aromatic N) is 1. The van der Waals surface area contributed by atoms with Gasteiger partial charge in [-0.1, -0.05) is 30.3 Å². The summed E-state index contributed by atoms with van der Waals surface area (Å²) in [5, 5.41) is 6.25. The van der Waals surface area contributed by atoms with Gasteiger partial charge in [-0.15, -0.1) is 11.3 Å². The topological polar surface area (TPSA) is 91.9 Å². The summed E-state index contributed by atoms with van der Waals surface area (Å²) < 4.78 is 27.6. The lowest BCUT2D eigenvalue weighted by atomic mass is 10.1. The average Bonchev–Trinajstić information content (AvgIpc) is 3.11. The van der Waals surface area contributed by atoms with Crippen molar-refractivity contribution in [2.45, 2.75) is 17.1 Å². The average molecular weight is 375 g/mol. The molecule has 0 saturated carbocycles. The first-order valence-electron chi connectivity index (χ1n) is 7.74. The highest BCUT2D eigenvalue weighted by molar-refractivity contribution is 7.91. The number of benzene rings is 1. The first kappa shape index (κ1) is 17.5. The lowest BCUT2D eigenvalue weighted by Crippen LogP contribution is -2.24. The fourth-order valence-electron chi connectivity index (χ4n) is 2.30. The molecule has 0 bridgehead atoms. The molecule has 0 amide bonds. The van der Waals surface area contributed by atoms with E-state index in [-0.39, 0.29) is 9.77 Å². The Kier molecular flexibility index (Phi) is 5.42. The van der Waals surface area contributed by atoms with Gasteiger partial charge in [-0.3, -0.25) is 4.79 Å². The fraction of sp³-hybridized carbons (Fsp3) is 0.176. The van der Waals surface area contributed by atoms with Crippen molar-refractivity contribution in [1.82, 2.24) is 14.9 Å². The molecule has 25 heavy (non-hydrogen) atoms. The molecular weight excluding hydrogens is 358 g/mol. The molecule has 6 nitrogen and oxygen atoms in total. The van der Waals surface area contributed by atoms with Crippen molar-refractivity contribution in [1.29, 1.82) is 0 Å². The molecule has 130 valence electrons. The van der Waals surface area contributed by atoms with Gasteiger partial charge in [0.05, 0.1) is 4.88 Å². The number of thiophene rings is 1. The lowest BCUT2D eigenvalue weighted by Gasteiger charge is -2.05. The van der Waals surface area contributed by atoms with E-state index in [2.05, 4.69) is 14.9 Å². The summed E-state index contributed by atoms with van der Waals surface area (Å²) in [5.41, 5.74) is 1.42. The number of aromatic nitrogens is 2. The zero-order valence-corrected chi connectivity index (χ0v) is 14.9. The molecule has 2 N–H and O–H groups in total. The minimum atomic E-state index is -3.54. The zero-order valence-electron chi connectivity index (χ0n) is 13.3. The highest BCUT2D eigenvalue weighted by atomic mass is 32.2. The first-order valence-corrected chi connectivity index (χ1v) is 10.0. The van der Waals surface area contributed by atoms with Crippen molar-refractivity contribution in [2.24, 2.45) is 0 Å².